The van der Waals surface area contributed by atoms with E-state index in [0.717, 1.165) is 0 Å². The van der Waals surface area contributed by atoms with Gasteiger partial charge in [0, 0.05) is 13.7 Å². The summed E-state index contributed by atoms with van der Waals surface area (Å²) in [7, 11) is -0.936. The molecule has 0 atom stereocenters. The number of phenols is 1. The van der Waals surface area contributed by atoms with Crippen LogP contribution in [0.25, 0.3) is 0 Å². The Hall–Kier alpha value is -1.51. The van der Waals surface area contributed by atoms with E-state index in [1.807, 2.05) is 0 Å². The Bertz CT molecular complexity index is 489. The van der Waals surface area contributed by atoms with Crippen molar-refractivity contribution in [1.29, 1.82) is 0 Å². The first-order chi connectivity index (χ1) is 8.50. The maximum atomic E-state index is 11.7. The molecule has 0 spiro atoms. The number of rotatable bonds is 7. The van der Waals surface area contributed by atoms with Crippen LogP contribution in [0.5, 0.6) is 11.5 Å². The number of hydrogen-bond acceptors (Lipinski definition) is 5. The summed E-state index contributed by atoms with van der Waals surface area (Å²) in [5.41, 5.74) is -0.00934. The molecule has 3 N–H and O–H groups in total. The third kappa shape index (κ3) is 4.06. The molecule has 1 rings (SSSR count). The van der Waals surface area contributed by atoms with Gasteiger partial charge in [-0.1, -0.05) is 6.07 Å². The average Bonchev–Trinajstić information content (AvgIpc) is 2.32. The van der Waals surface area contributed by atoms with E-state index in [-0.39, 0.29) is 30.3 Å². The summed E-state index contributed by atoms with van der Waals surface area (Å²) in [6, 6.07) is 4.44. The fraction of sp³-hybridized carbons (Fsp3) is 0.400. The molecule has 0 bridgehead atoms. The Morgan fingerprint density at radius 3 is 2.67 bits per heavy atom. The van der Waals surface area contributed by atoms with Crippen LogP contribution in [0.1, 0.15) is 0 Å². The van der Waals surface area contributed by atoms with Crippen molar-refractivity contribution in [2.45, 2.75) is 0 Å². The summed E-state index contributed by atoms with van der Waals surface area (Å²) >= 11 is 0. The molecule has 8 heteroatoms. The van der Waals surface area contributed by atoms with Crippen LogP contribution in [0.2, 0.25) is 0 Å². The highest BCUT2D eigenvalue weighted by molar-refractivity contribution is 7.90. The molecule has 0 heterocycles. The Labute approximate surface area is 106 Å². The lowest BCUT2D eigenvalue weighted by molar-refractivity contribution is 0.204. The minimum atomic E-state index is -3.78. The SMILES string of the molecule is COCCNS(=O)(=O)Nc1c(O)cccc1OC. The normalized spacial score (nSPS) is 11.2. The molecular weight excluding hydrogens is 260 g/mol. The van der Waals surface area contributed by atoms with Crippen molar-refractivity contribution in [2.24, 2.45) is 0 Å². The van der Waals surface area contributed by atoms with Gasteiger partial charge >= 0.3 is 0 Å². The van der Waals surface area contributed by atoms with E-state index in [1.54, 1.807) is 6.07 Å². The number of benzene rings is 1. The molecule has 0 aromatic heterocycles. The number of phenolic OH excluding ortho intramolecular Hbond substituents is 1. The van der Waals surface area contributed by atoms with Gasteiger partial charge in [0.25, 0.3) is 10.2 Å². The molecule has 0 saturated carbocycles. The summed E-state index contributed by atoms with van der Waals surface area (Å²) in [6.45, 7) is 0.376. The van der Waals surface area contributed by atoms with Gasteiger partial charge in [0.1, 0.15) is 17.2 Å². The number of ether oxygens (including phenoxy) is 2. The van der Waals surface area contributed by atoms with E-state index >= 15 is 0 Å². The predicted octanol–water partition coefficient (Wildman–Crippen LogP) is 0.293. The molecule has 0 saturated heterocycles. The van der Waals surface area contributed by atoms with Gasteiger partial charge in [0.15, 0.2) is 0 Å². The van der Waals surface area contributed by atoms with Gasteiger partial charge in [0.2, 0.25) is 0 Å². The molecule has 1 aromatic carbocycles. The van der Waals surface area contributed by atoms with Crippen LogP contribution in [0.4, 0.5) is 5.69 Å². The second-order valence-electron chi connectivity index (χ2n) is 3.35. The first-order valence-electron chi connectivity index (χ1n) is 5.12. The Morgan fingerprint density at radius 2 is 2.06 bits per heavy atom. The van der Waals surface area contributed by atoms with Gasteiger partial charge in [-0.05, 0) is 12.1 Å². The van der Waals surface area contributed by atoms with Crippen LogP contribution in [0.15, 0.2) is 18.2 Å². The second kappa shape index (κ2) is 6.43. The van der Waals surface area contributed by atoms with Gasteiger partial charge < -0.3 is 14.6 Å². The Morgan fingerprint density at radius 1 is 1.33 bits per heavy atom. The minimum absolute atomic E-state index is 0.00934. The average molecular weight is 276 g/mol. The fourth-order valence-corrected chi connectivity index (χ4v) is 2.14. The van der Waals surface area contributed by atoms with E-state index < -0.39 is 10.2 Å². The maximum absolute atomic E-state index is 11.7. The number of nitrogens with one attached hydrogen (secondary N) is 2. The topological polar surface area (TPSA) is 96.9 Å². The molecule has 1 aromatic rings. The van der Waals surface area contributed by atoms with Crippen LogP contribution >= 0.6 is 0 Å². The predicted molar refractivity (Wildman–Crippen MR) is 67.1 cm³/mol. The quantitative estimate of drug-likeness (QED) is 0.491. The Kier molecular flexibility index (Phi) is 5.20. The molecule has 18 heavy (non-hydrogen) atoms. The highest BCUT2D eigenvalue weighted by atomic mass is 32.2. The lowest BCUT2D eigenvalue weighted by atomic mass is 10.3. The first kappa shape index (κ1) is 14.6. The zero-order chi connectivity index (χ0) is 13.6. The number of anilines is 1. The molecule has 0 aliphatic carbocycles. The summed E-state index contributed by atoms with van der Waals surface area (Å²) in [5.74, 6) is 0.0126. The maximum Gasteiger partial charge on any atom is 0.299 e. The highest BCUT2D eigenvalue weighted by Gasteiger charge is 2.15. The van der Waals surface area contributed by atoms with Crippen LogP contribution in [-0.4, -0.2) is 40.9 Å². The molecule has 0 radical (unpaired) electrons. The van der Waals surface area contributed by atoms with E-state index in [2.05, 4.69) is 9.44 Å². The second-order valence-corrected chi connectivity index (χ2v) is 4.85. The van der Waals surface area contributed by atoms with Crippen LogP contribution in [0, 0.1) is 0 Å². The van der Waals surface area contributed by atoms with Crippen molar-refractivity contribution in [3.8, 4) is 11.5 Å². The number of aromatic hydroxyl groups is 1. The number of hydrogen-bond donors (Lipinski definition) is 3. The molecule has 102 valence electrons. The molecule has 0 aliphatic rings. The zero-order valence-corrected chi connectivity index (χ0v) is 11.0. The van der Waals surface area contributed by atoms with Crippen LogP contribution in [0.3, 0.4) is 0 Å². The molecule has 0 unspecified atom stereocenters. The van der Waals surface area contributed by atoms with E-state index in [0.29, 0.717) is 0 Å². The number of para-hydroxylation sites is 1. The molecule has 0 fully saturated rings. The smallest absolute Gasteiger partial charge is 0.299 e. The third-order valence-electron chi connectivity index (χ3n) is 2.06. The zero-order valence-electron chi connectivity index (χ0n) is 10.1. The van der Waals surface area contributed by atoms with Crippen molar-refractivity contribution in [3.05, 3.63) is 18.2 Å². The first-order valence-corrected chi connectivity index (χ1v) is 6.61. The largest absolute Gasteiger partial charge is 0.506 e. The summed E-state index contributed by atoms with van der Waals surface area (Å²) in [4.78, 5) is 0. The van der Waals surface area contributed by atoms with Crippen molar-refractivity contribution in [3.63, 3.8) is 0 Å². The lowest BCUT2D eigenvalue weighted by Gasteiger charge is -2.13. The van der Waals surface area contributed by atoms with Crippen LogP contribution < -0.4 is 14.2 Å². The highest BCUT2D eigenvalue weighted by Crippen LogP contribution is 2.33. The Balaban J connectivity index is 2.83. The van der Waals surface area contributed by atoms with Gasteiger partial charge in [-0.3, -0.25) is 4.72 Å². The monoisotopic (exact) mass is 276 g/mol. The van der Waals surface area contributed by atoms with Crippen LogP contribution in [-0.2, 0) is 14.9 Å². The summed E-state index contributed by atoms with van der Waals surface area (Å²) in [5, 5.41) is 9.60. The van der Waals surface area contributed by atoms with Gasteiger partial charge in [-0.15, -0.1) is 0 Å². The summed E-state index contributed by atoms with van der Waals surface area (Å²) < 4.78 is 37.4. The minimum Gasteiger partial charge on any atom is -0.506 e. The van der Waals surface area contributed by atoms with E-state index in [9.17, 15) is 13.5 Å². The van der Waals surface area contributed by atoms with Gasteiger partial charge in [-0.2, -0.15) is 13.1 Å². The third-order valence-corrected chi connectivity index (χ3v) is 3.12. The molecule has 7 nitrogen and oxygen atoms in total. The lowest BCUT2D eigenvalue weighted by Crippen LogP contribution is -2.32. The van der Waals surface area contributed by atoms with Crippen molar-refractivity contribution in [2.75, 3.05) is 32.1 Å². The van der Waals surface area contributed by atoms with Gasteiger partial charge in [-0.25, -0.2) is 0 Å². The standard InChI is InChI=1S/C10H16N2O5S/c1-16-7-6-11-18(14,15)12-10-8(13)4-3-5-9(10)17-2/h3-5,11-13H,6-7H2,1-2H3. The number of methoxy groups -OCH3 is 2. The van der Waals surface area contributed by atoms with Crippen molar-refractivity contribution in [1.82, 2.24) is 4.72 Å². The van der Waals surface area contributed by atoms with Crippen molar-refractivity contribution >= 4 is 15.9 Å². The van der Waals surface area contributed by atoms with E-state index in [1.165, 1.54) is 26.4 Å². The molecule has 0 amide bonds. The molecule has 0 aliphatic heterocycles. The van der Waals surface area contributed by atoms with Crippen molar-refractivity contribution < 1.29 is 23.0 Å². The fourth-order valence-electron chi connectivity index (χ4n) is 1.24. The molecular formula is C10H16N2O5S. The van der Waals surface area contributed by atoms with Gasteiger partial charge in [0.05, 0.1) is 13.7 Å². The van der Waals surface area contributed by atoms with E-state index in [4.69, 9.17) is 9.47 Å². The summed E-state index contributed by atoms with van der Waals surface area (Å²) in [6.07, 6.45) is 0.